The van der Waals surface area contributed by atoms with E-state index in [1.165, 1.54) is 0 Å². The zero-order chi connectivity index (χ0) is 18.2. The van der Waals surface area contributed by atoms with Crippen LogP contribution in [0.15, 0.2) is 34.7 Å². The Balaban J connectivity index is 1.78. The summed E-state index contributed by atoms with van der Waals surface area (Å²) >= 11 is 5.92. The minimum Gasteiger partial charge on any atom is -0.485 e. The molecule has 0 saturated carbocycles. The molecule has 0 spiro atoms. The van der Waals surface area contributed by atoms with Crippen LogP contribution in [0.3, 0.4) is 0 Å². The number of carbonyl (C=O) groups is 1. The summed E-state index contributed by atoms with van der Waals surface area (Å²) in [5, 5.41) is 3.47. The van der Waals surface area contributed by atoms with Gasteiger partial charge in [-0.25, -0.2) is 0 Å². The van der Waals surface area contributed by atoms with E-state index in [0.717, 1.165) is 17.7 Å². The molecule has 1 aromatic heterocycles. The van der Waals surface area contributed by atoms with Gasteiger partial charge in [-0.2, -0.15) is 0 Å². The fourth-order valence-electron chi connectivity index (χ4n) is 2.18. The van der Waals surface area contributed by atoms with Gasteiger partial charge in [-0.1, -0.05) is 11.6 Å². The van der Waals surface area contributed by atoms with Crippen molar-refractivity contribution in [3.63, 3.8) is 0 Å². The fourth-order valence-corrected chi connectivity index (χ4v) is 2.41. The maximum absolute atomic E-state index is 12.0. The van der Waals surface area contributed by atoms with Crippen LogP contribution < -0.4 is 10.1 Å². The number of rotatable bonds is 9. The number of carbonyl (C=O) groups excluding carboxylic acids is 1. The highest BCUT2D eigenvalue weighted by atomic mass is 35.5. The van der Waals surface area contributed by atoms with Gasteiger partial charge >= 0.3 is 0 Å². The molecule has 1 aromatic carbocycles. The topological polar surface area (TPSA) is 60.7 Å². The van der Waals surface area contributed by atoms with Gasteiger partial charge in [0, 0.05) is 18.2 Å². The second-order valence-corrected chi connectivity index (χ2v) is 6.43. The lowest BCUT2D eigenvalue weighted by molar-refractivity contribution is 0.0753. The molecule has 25 heavy (non-hydrogen) atoms. The quantitative estimate of drug-likeness (QED) is 0.670. The lowest BCUT2D eigenvalue weighted by Gasteiger charge is -2.08. The van der Waals surface area contributed by atoms with Gasteiger partial charge in [-0.3, -0.25) is 4.79 Å². The molecule has 1 amide bonds. The summed E-state index contributed by atoms with van der Waals surface area (Å²) in [5.41, 5.74) is 0.945. The van der Waals surface area contributed by atoms with E-state index in [2.05, 4.69) is 5.32 Å². The second-order valence-electron chi connectivity index (χ2n) is 5.99. The highest BCUT2D eigenvalue weighted by Gasteiger charge is 2.11. The second kappa shape index (κ2) is 9.49. The van der Waals surface area contributed by atoms with E-state index in [4.69, 9.17) is 25.5 Å². The molecule has 1 N–H and O–H groups in total. The van der Waals surface area contributed by atoms with Crippen molar-refractivity contribution < 1.29 is 18.7 Å². The number of aryl methyl sites for hydroxylation is 1. The molecule has 0 aliphatic carbocycles. The Morgan fingerprint density at radius 1 is 1.28 bits per heavy atom. The van der Waals surface area contributed by atoms with E-state index in [1.807, 2.05) is 32.9 Å². The van der Waals surface area contributed by atoms with E-state index < -0.39 is 0 Å². The molecule has 1 heterocycles. The number of benzene rings is 1. The van der Waals surface area contributed by atoms with Crippen molar-refractivity contribution in [2.75, 3.05) is 13.2 Å². The van der Waals surface area contributed by atoms with Crippen LogP contribution in [0.2, 0.25) is 5.02 Å². The highest BCUT2D eigenvalue weighted by molar-refractivity contribution is 6.30. The third-order valence-electron chi connectivity index (χ3n) is 3.45. The molecule has 6 heteroatoms. The van der Waals surface area contributed by atoms with Crippen LogP contribution in [0.25, 0.3) is 0 Å². The van der Waals surface area contributed by atoms with Crippen LogP contribution >= 0.6 is 11.6 Å². The summed E-state index contributed by atoms with van der Waals surface area (Å²) < 4.78 is 16.7. The maximum Gasteiger partial charge on any atom is 0.286 e. The third-order valence-corrected chi connectivity index (χ3v) is 3.69. The first-order chi connectivity index (χ1) is 12.0. The van der Waals surface area contributed by atoms with Gasteiger partial charge in [-0.05, 0) is 63.1 Å². The van der Waals surface area contributed by atoms with E-state index >= 15 is 0 Å². The van der Waals surface area contributed by atoms with Crippen molar-refractivity contribution in [3.8, 4) is 5.75 Å². The fraction of sp³-hybridized carbons (Fsp3) is 0.421. The average Bonchev–Trinajstić information content (AvgIpc) is 3.02. The molecule has 2 rings (SSSR count). The van der Waals surface area contributed by atoms with E-state index in [-0.39, 0.29) is 24.4 Å². The van der Waals surface area contributed by atoms with Crippen molar-refractivity contribution in [1.29, 1.82) is 0 Å². The molecular formula is C19H24ClNO4. The number of hydrogen-bond acceptors (Lipinski definition) is 4. The smallest absolute Gasteiger partial charge is 0.286 e. The molecule has 0 atom stereocenters. The number of amides is 1. The zero-order valence-corrected chi connectivity index (χ0v) is 15.6. The summed E-state index contributed by atoms with van der Waals surface area (Å²) in [4.78, 5) is 12.0. The molecule has 0 radical (unpaired) electrons. The van der Waals surface area contributed by atoms with Crippen LogP contribution in [-0.2, 0) is 11.3 Å². The number of ether oxygens (including phenoxy) is 2. The molecule has 0 aliphatic heterocycles. The molecule has 0 saturated heterocycles. The average molecular weight is 366 g/mol. The largest absolute Gasteiger partial charge is 0.485 e. The SMILES string of the molecule is Cc1cc(Cl)ccc1OCc1ccc(C(=O)NCCCOC(C)C)o1. The molecule has 0 fully saturated rings. The van der Waals surface area contributed by atoms with Gasteiger partial charge in [0.05, 0.1) is 6.10 Å². The summed E-state index contributed by atoms with van der Waals surface area (Å²) in [6, 6.07) is 8.80. The van der Waals surface area contributed by atoms with Crippen molar-refractivity contribution in [2.45, 2.75) is 39.9 Å². The summed E-state index contributed by atoms with van der Waals surface area (Å²) in [6.07, 6.45) is 0.962. The Hall–Kier alpha value is -1.98. The van der Waals surface area contributed by atoms with Crippen LogP contribution in [-0.4, -0.2) is 25.2 Å². The lowest BCUT2D eigenvalue weighted by atomic mass is 10.2. The van der Waals surface area contributed by atoms with Gasteiger partial charge in [0.2, 0.25) is 0 Å². The van der Waals surface area contributed by atoms with E-state index in [9.17, 15) is 4.79 Å². The minimum atomic E-state index is -0.238. The van der Waals surface area contributed by atoms with Crippen molar-refractivity contribution in [1.82, 2.24) is 5.32 Å². The first kappa shape index (κ1) is 19.3. The first-order valence-electron chi connectivity index (χ1n) is 8.33. The molecule has 0 bridgehead atoms. The Kier molecular flexibility index (Phi) is 7.34. The minimum absolute atomic E-state index is 0.201. The van der Waals surface area contributed by atoms with Crippen LogP contribution in [0.1, 0.15) is 42.1 Å². The van der Waals surface area contributed by atoms with Gasteiger partial charge < -0.3 is 19.2 Å². The normalized spacial score (nSPS) is 10.9. The van der Waals surface area contributed by atoms with E-state index in [0.29, 0.717) is 23.9 Å². The van der Waals surface area contributed by atoms with Gasteiger partial charge in [0.15, 0.2) is 5.76 Å². The number of hydrogen-bond donors (Lipinski definition) is 1. The summed E-state index contributed by atoms with van der Waals surface area (Å²) in [7, 11) is 0. The molecule has 2 aromatic rings. The zero-order valence-electron chi connectivity index (χ0n) is 14.8. The summed E-state index contributed by atoms with van der Waals surface area (Å²) in [6.45, 7) is 7.30. The van der Waals surface area contributed by atoms with Crippen molar-refractivity contribution in [2.24, 2.45) is 0 Å². The van der Waals surface area contributed by atoms with Crippen molar-refractivity contribution >= 4 is 17.5 Å². The molecule has 5 nitrogen and oxygen atoms in total. The number of nitrogens with one attached hydrogen (secondary N) is 1. The van der Waals surface area contributed by atoms with Crippen LogP contribution in [0, 0.1) is 6.92 Å². The highest BCUT2D eigenvalue weighted by Crippen LogP contribution is 2.23. The van der Waals surface area contributed by atoms with Gasteiger partial charge in [-0.15, -0.1) is 0 Å². The monoisotopic (exact) mass is 365 g/mol. The van der Waals surface area contributed by atoms with Crippen molar-refractivity contribution in [3.05, 3.63) is 52.4 Å². The Morgan fingerprint density at radius 2 is 2.08 bits per heavy atom. The molecule has 0 aliphatic rings. The molecular weight excluding hydrogens is 342 g/mol. The maximum atomic E-state index is 12.0. The Bertz CT molecular complexity index is 696. The predicted octanol–water partition coefficient (Wildman–Crippen LogP) is 4.37. The van der Waals surface area contributed by atoms with Gasteiger partial charge in [0.1, 0.15) is 18.1 Å². The van der Waals surface area contributed by atoms with E-state index in [1.54, 1.807) is 18.2 Å². The molecule has 136 valence electrons. The third kappa shape index (κ3) is 6.44. The van der Waals surface area contributed by atoms with Gasteiger partial charge in [0.25, 0.3) is 5.91 Å². The number of halogens is 1. The Labute approximate surface area is 153 Å². The predicted molar refractivity (Wildman–Crippen MR) is 97.3 cm³/mol. The summed E-state index contributed by atoms with van der Waals surface area (Å²) in [5.74, 6) is 1.36. The van der Waals surface area contributed by atoms with Crippen LogP contribution in [0.4, 0.5) is 0 Å². The standard InChI is InChI=1S/C19H24ClNO4/c1-13(2)23-10-4-9-21-19(22)18-8-6-16(25-18)12-24-17-7-5-15(20)11-14(17)3/h5-8,11,13H,4,9-10,12H2,1-3H3,(H,21,22). The molecule has 0 unspecified atom stereocenters. The lowest BCUT2D eigenvalue weighted by Crippen LogP contribution is -2.25. The Morgan fingerprint density at radius 3 is 2.80 bits per heavy atom. The first-order valence-corrected chi connectivity index (χ1v) is 8.71. The number of furan rings is 1. The van der Waals surface area contributed by atoms with Crippen LogP contribution in [0.5, 0.6) is 5.75 Å².